The molecular weight excluding hydrogens is 252 g/mol. The zero-order valence-electron chi connectivity index (χ0n) is 11.0. The van der Waals surface area contributed by atoms with Crippen LogP contribution in [0.1, 0.15) is 38.4 Å². The highest BCUT2D eigenvalue weighted by Gasteiger charge is 2.09. The van der Waals surface area contributed by atoms with Gasteiger partial charge in [-0.05, 0) is 6.42 Å². The number of aromatic nitrogens is 2. The molecule has 102 valence electrons. The van der Waals surface area contributed by atoms with E-state index in [1.54, 1.807) is 7.11 Å². The Kier molecular flexibility index (Phi) is 6.75. The maximum atomic E-state index is 5.95. The van der Waals surface area contributed by atoms with E-state index >= 15 is 0 Å². The summed E-state index contributed by atoms with van der Waals surface area (Å²) in [5, 5.41) is 3.47. The Bertz CT molecular complexity index is 373. The summed E-state index contributed by atoms with van der Waals surface area (Å²) in [7, 11) is 1.59. The van der Waals surface area contributed by atoms with Gasteiger partial charge in [0.2, 0.25) is 0 Å². The minimum atomic E-state index is 0.271. The molecule has 0 unspecified atom stereocenters. The number of nitrogen functional groups attached to an aromatic ring is 1. The Hall–Kier alpha value is -1.07. The largest absolute Gasteiger partial charge is 0.393 e. The van der Waals surface area contributed by atoms with E-state index in [1.165, 1.54) is 19.3 Å². The van der Waals surface area contributed by atoms with Crippen LogP contribution in [-0.4, -0.2) is 23.6 Å². The summed E-state index contributed by atoms with van der Waals surface area (Å²) in [6.07, 6.45) is 4.76. The lowest BCUT2D eigenvalue weighted by Crippen LogP contribution is -2.10. The normalized spacial score (nSPS) is 10.6. The number of anilines is 2. The van der Waals surface area contributed by atoms with Crippen molar-refractivity contribution in [3.8, 4) is 0 Å². The molecule has 5 nitrogen and oxygen atoms in total. The second-order valence-electron chi connectivity index (χ2n) is 4.11. The van der Waals surface area contributed by atoms with Crippen molar-refractivity contribution in [2.24, 2.45) is 0 Å². The topological polar surface area (TPSA) is 73.1 Å². The van der Waals surface area contributed by atoms with Crippen LogP contribution in [0.25, 0.3) is 0 Å². The highest BCUT2D eigenvalue weighted by atomic mass is 35.5. The fourth-order valence-corrected chi connectivity index (χ4v) is 1.76. The standard InChI is InChI=1S/C12H21ClN4O/c1-3-4-5-6-7-15-12-10(14)11(13)16-9(17-12)8-18-2/h3-8,14H2,1-2H3,(H,15,16,17). The second kappa shape index (κ2) is 8.11. The van der Waals surface area contributed by atoms with E-state index in [9.17, 15) is 0 Å². The van der Waals surface area contributed by atoms with Crippen LogP contribution in [0.2, 0.25) is 5.15 Å². The lowest BCUT2D eigenvalue weighted by atomic mass is 10.2. The summed E-state index contributed by atoms with van der Waals surface area (Å²) in [4.78, 5) is 8.33. The van der Waals surface area contributed by atoms with Crippen LogP contribution in [0.5, 0.6) is 0 Å². The lowest BCUT2D eigenvalue weighted by Gasteiger charge is -2.10. The Morgan fingerprint density at radius 2 is 2.06 bits per heavy atom. The van der Waals surface area contributed by atoms with Gasteiger partial charge in [0.25, 0.3) is 0 Å². The van der Waals surface area contributed by atoms with Crippen molar-refractivity contribution in [1.29, 1.82) is 0 Å². The summed E-state index contributed by atoms with van der Waals surface area (Å²) in [6, 6.07) is 0. The Balaban J connectivity index is 2.57. The van der Waals surface area contributed by atoms with Crippen LogP contribution in [0.15, 0.2) is 0 Å². The number of halogens is 1. The molecule has 18 heavy (non-hydrogen) atoms. The number of hydrogen-bond acceptors (Lipinski definition) is 5. The van der Waals surface area contributed by atoms with Gasteiger partial charge in [0.15, 0.2) is 16.8 Å². The van der Waals surface area contributed by atoms with Gasteiger partial charge < -0.3 is 15.8 Å². The molecule has 0 aliphatic rings. The zero-order chi connectivity index (χ0) is 13.4. The predicted molar refractivity (Wildman–Crippen MR) is 74.8 cm³/mol. The molecule has 0 atom stereocenters. The van der Waals surface area contributed by atoms with Crippen LogP contribution in [0.3, 0.4) is 0 Å². The third-order valence-corrected chi connectivity index (χ3v) is 2.83. The van der Waals surface area contributed by atoms with Gasteiger partial charge in [-0.3, -0.25) is 0 Å². The van der Waals surface area contributed by atoms with E-state index < -0.39 is 0 Å². The van der Waals surface area contributed by atoms with Crippen molar-refractivity contribution in [3.05, 3.63) is 11.0 Å². The zero-order valence-corrected chi connectivity index (χ0v) is 11.8. The Morgan fingerprint density at radius 1 is 1.28 bits per heavy atom. The monoisotopic (exact) mass is 272 g/mol. The van der Waals surface area contributed by atoms with Crippen molar-refractivity contribution >= 4 is 23.1 Å². The first-order chi connectivity index (χ1) is 8.69. The molecule has 1 aromatic heterocycles. The quantitative estimate of drug-likeness (QED) is 0.562. The lowest BCUT2D eigenvalue weighted by molar-refractivity contribution is 0.178. The number of nitrogens with two attached hydrogens (primary N) is 1. The molecule has 0 aliphatic heterocycles. The molecule has 1 aromatic rings. The van der Waals surface area contributed by atoms with Crippen molar-refractivity contribution in [1.82, 2.24) is 9.97 Å². The van der Waals surface area contributed by atoms with E-state index in [0.29, 0.717) is 23.9 Å². The van der Waals surface area contributed by atoms with Crippen LogP contribution < -0.4 is 11.1 Å². The van der Waals surface area contributed by atoms with Crippen LogP contribution in [0.4, 0.5) is 11.5 Å². The summed E-state index contributed by atoms with van der Waals surface area (Å²) >= 11 is 5.95. The third kappa shape index (κ3) is 4.66. The molecule has 1 rings (SSSR count). The maximum Gasteiger partial charge on any atom is 0.158 e. The smallest absolute Gasteiger partial charge is 0.158 e. The third-order valence-electron chi connectivity index (χ3n) is 2.54. The molecule has 0 saturated heterocycles. The maximum absolute atomic E-state index is 5.95. The molecule has 0 bridgehead atoms. The summed E-state index contributed by atoms with van der Waals surface area (Å²) < 4.78 is 4.98. The number of methoxy groups -OCH3 is 1. The molecule has 0 spiro atoms. The first-order valence-electron chi connectivity index (χ1n) is 6.23. The van der Waals surface area contributed by atoms with Crippen LogP contribution >= 0.6 is 11.6 Å². The first-order valence-corrected chi connectivity index (χ1v) is 6.61. The predicted octanol–water partition coefficient (Wildman–Crippen LogP) is 2.85. The van der Waals surface area contributed by atoms with Gasteiger partial charge in [0, 0.05) is 13.7 Å². The summed E-state index contributed by atoms with van der Waals surface area (Å²) in [5.74, 6) is 1.13. The van der Waals surface area contributed by atoms with E-state index in [1.807, 2.05) is 0 Å². The van der Waals surface area contributed by atoms with E-state index in [0.717, 1.165) is 13.0 Å². The molecular formula is C12H21ClN4O. The van der Waals surface area contributed by atoms with E-state index in [-0.39, 0.29) is 5.15 Å². The minimum absolute atomic E-state index is 0.271. The van der Waals surface area contributed by atoms with Gasteiger partial charge in [-0.2, -0.15) is 0 Å². The van der Waals surface area contributed by atoms with Gasteiger partial charge in [-0.25, -0.2) is 9.97 Å². The SMILES string of the molecule is CCCCCCNc1nc(COC)nc(Cl)c1N. The van der Waals surface area contributed by atoms with Crippen LogP contribution in [0, 0.1) is 0 Å². The Labute approximate surface area is 113 Å². The molecule has 0 radical (unpaired) electrons. The fraction of sp³-hybridized carbons (Fsp3) is 0.667. The first kappa shape index (κ1) is 15.0. The highest BCUT2D eigenvalue weighted by molar-refractivity contribution is 6.32. The van der Waals surface area contributed by atoms with E-state index in [4.69, 9.17) is 22.1 Å². The van der Waals surface area contributed by atoms with Gasteiger partial charge in [0.05, 0.1) is 0 Å². The van der Waals surface area contributed by atoms with Crippen molar-refractivity contribution in [2.75, 3.05) is 24.7 Å². The van der Waals surface area contributed by atoms with Crippen molar-refractivity contribution in [3.63, 3.8) is 0 Å². The van der Waals surface area contributed by atoms with Crippen LogP contribution in [-0.2, 0) is 11.3 Å². The van der Waals surface area contributed by atoms with Gasteiger partial charge in [-0.1, -0.05) is 37.8 Å². The second-order valence-corrected chi connectivity index (χ2v) is 4.47. The fourth-order valence-electron chi connectivity index (χ4n) is 1.57. The summed E-state index contributed by atoms with van der Waals surface area (Å²) in [6.45, 7) is 3.35. The number of nitrogens with one attached hydrogen (secondary N) is 1. The molecule has 6 heteroatoms. The van der Waals surface area contributed by atoms with E-state index in [2.05, 4.69) is 22.2 Å². The molecule has 1 heterocycles. The molecule has 0 fully saturated rings. The number of rotatable bonds is 8. The summed E-state index contributed by atoms with van der Waals surface area (Å²) in [5.41, 5.74) is 6.22. The van der Waals surface area contributed by atoms with Gasteiger partial charge in [-0.15, -0.1) is 0 Å². The average Bonchev–Trinajstić information content (AvgIpc) is 2.35. The minimum Gasteiger partial charge on any atom is -0.393 e. The Morgan fingerprint density at radius 3 is 2.72 bits per heavy atom. The number of nitrogens with zero attached hydrogens (tertiary/aromatic N) is 2. The molecule has 0 aromatic carbocycles. The van der Waals surface area contributed by atoms with Gasteiger partial charge >= 0.3 is 0 Å². The molecule has 0 saturated carbocycles. The molecule has 0 aliphatic carbocycles. The molecule has 3 N–H and O–H groups in total. The van der Waals surface area contributed by atoms with Crippen molar-refractivity contribution < 1.29 is 4.74 Å². The highest BCUT2D eigenvalue weighted by Crippen LogP contribution is 2.23. The number of hydrogen-bond donors (Lipinski definition) is 2. The average molecular weight is 273 g/mol. The van der Waals surface area contributed by atoms with Crippen molar-refractivity contribution in [2.45, 2.75) is 39.2 Å². The number of unbranched alkanes of at least 4 members (excludes halogenated alkanes) is 3. The molecule has 0 amide bonds. The number of ether oxygens (including phenoxy) is 1. The van der Waals surface area contributed by atoms with Gasteiger partial charge in [0.1, 0.15) is 12.3 Å².